The molecular weight excluding hydrogens is 367 g/mol. The molecule has 1 amide bonds. The van der Waals surface area contributed by atoms with Gasteiger partial charge in [0.05, 0.1) is 22.2 Å². The van der Waals surface area contributed by atoms with E-state index in [4.69, 9.17) is 11.6 Å². The molecule has 1 heterocycles. The maximum Gasteiger partial charge on any atom is 0.256 e. The van der Waals surface area contributed by atoms with Crippen molar-refractivity contribution in [3.05, 3.63) is 58.4 Å². The van der Waals surface area contributed by atoms with Gasteiger partial charge in [0, 0.05) is 12.1 Å². The van der Waals surface area contributed by atoms with E-state index in [1.807, 2.05) is 0 Å². The Morgan fingerprint density at radius 2 is 2.00 bits per heavy atom. The first kappa shape index (κ1) is 17.7. The number of halogens is 2. The predicted molar refractivity (Wildman–Crippen MR) is 96.3 cm³/mol. The lowest BCUT2D eigenvalue weighted by Gasteiger charge is -2.18. The molecular formula is C17H16ClFN2O3S. The van der Waals surface area contributed by atoms with E-state index in [0.29, 0.717) is 24.2 Å². The maximum atomic E-state index is 13.4. The van der Waals surface area contributed by atoms with Crippen LogP contribution in [0.2, 0.25) is 5.02 Å². The van der Waals surface area contributed by atoms with Crippen LogP contribution >= 0.6 is 11.6 Å². The van der Waals surface area contributed by atoms with Gasteiger partial charge in [0.25, 0.3) is 5.91 Å². The van der Waals surface area contributed by atoms with Gasteiger partial charge in [0.2, 0.25) is 10.0 Å². The molecule has 0 atom stereocenters. The summed E-state index contributed by atoms with van der Waals surface area (Å²) in [4.78, 5) is 12.4. The molecule has 0 aromatic heterocycles. The van der Waals surface area contributed by atoms with Crippen LogP contribution in [0.3, 0.4) is 0 Å². The average Bonchev–Trinajstić information content (AvgIpc) is 2.91. The van der Waals surface area contributed by atoms with Gasteiger partial charge < -0.3 is 5.32 Å². The van der Waals surface area contributed by atoms with Crippen LogP contribution in [-0.2, 0) is 10.0 Å². The highest BCUT2D eigenvalue weighted by Gasteiger charge is 2.28. The zero-order valence-electron chi connectivity index (χ0n) is 13.4. The van der Waals surface area contributed by atoms with Crippen LogP contribution in [0.15, 0.2) is 36.4 Å². The van der Waals surface area contributed by atoms with Crippen molar-refractivity contribution < 1.29 is 17.6 Å². The molecule has 1 aliphatic rings. The van der Waals surface area contributed by atoms with Crippen LogP contribution in [0, 0.1) is 12.7 Å². The fourth-order valence-electron chi connectivity index (χ4n) is 2.72. The first-order valence-electron chi connectivity index (χ1n) is 7.65. The van der Waals surface area contributed by atoms with E-state index >= 15 is 0 Å². The van der Waals surface area contributed by atoms with Crippen molar-refractivity contribution >= 4 is 38.9 Å². The summed E-state index contributed by atoms with van der Waals surface area (Å²) in [5.41, 5.74) is 1.52. The summed E-state index contributed by atoms with van der Waals surface area (Å²) < 4.78 is 38.8. The van der Waals surface area contributed by atoms with Crippen molar-refractivity contribution in [1.82, 2.24) is 0 Å². The minimum absolute atomic E-state index is 0.0970. The summed E-state index contributed by atoms with van der Waals surface area (Å²) in [6.45, 7) is 2.09. The lowest BCUT2D eigenvalue weighted by molar-refractivity contribution is 0.102. The third-order valence-electron chi connectivity index (χ3n) is 4.03. The van der Waals surface area contributed by atoms with Crippen LogP contribution < -0.4 is 9.62 Å². The lowest BCUT2D eigenvalue weighted by atomic mass is 10.1. The van der Waals surface area contributed by atoms with Crippen molar-refractivity contribution in [3.8, 4) is 0 Å². The number of amides is 1. The van der Waals surface area contributed by atoms with Gasteiger partial charge in [0.1, 0.15) is 5.82 Å². The topological polar surface area (TPSA) is 66.5 Å². The van der Waals surface area contributed by atoms with E-state index in [-0.39, 0.29) is 22.0 Å². The Bertz CT molecular complexity index is 947. The Kier molecular flexibility index (Phi) is 4.71. The Labute approximate surface area is 150 Å². The van der Waals surface area contributed by atoms with Crippen LogP contribution in [0.1, 0.15) is 22.3 Å². The molecule has 1 aliphatic heterocycles. The standard InChI is InChI=1S/C17H16ClFN2O3S/c1-11-3-4-12(19)9-14(11)17(22)20-16-10-13(5-6-15(16)18)21-7-2-8-25(21,23)24/h3-6,9-10H,2,7-8H2,1H3,(H,20,22). The Morgan fingerprint density at radius 3 is 2.68 bits per heavy atom. The van der Waals surface area contributed by atoms with E-state index < -0.39 is 21.7 Å². The van der Waals surface area contributed by atoms with Gasteiger partial charge in [-0.1, -0.05) is 17.7 Å². The number of hydrogen-bond acceptors (Lipinski definition) is 3. The molecule has 0 unspecified atom stereocenters. The molecule has 0 aliphatic carbocycles. The monoisotopic (exact) mass is 382 g/mol. The van der Waals surface area contributed by atoms with Gasteiger partial charge in [-0.25, -0.2) is 12.8 Å². The fraction of sp³-hybridized carbons (Fsp3) is 0.235. The molecule has 0 bridgehead atoms. The first-order valence-corrected chi connectivity index (χ1v) is 9.64. The average molecular weight is 383 g/mol. The number of benzene rings is 2. The van der Waals surface area contributed by atoms with Crippen molar-refractivity contribution in [2.45, 2.75) is 13.3 Å². The summed E-state index contributed by atoms with van der Waals surface area (Å²) in [5, 5.41) is 2.89. The number of rotatable bonds is 3. The molecule has 1 saturated heterocycles. The number of sulfonamides is 1. The smallest absolute Gasteiger partial charge is 0.256 e. The molecule has 2 aromatic rings. The van der Waals surface area contributed by atoms with Crippen LogP contribution in [0.25, 0.3) is 0 Å². The van der Waals surface area contributed by atoms with Gasteiger partial charge in [-0.05, 0) is 49.2 Å². The number of hydrogen-bond donors (Lipinski definition) is 1. The quantitative estimate of drug-likeness (QED) is 0.882. The van der Waals surface area contributed by atoms with Gasteiger partial charge in [-0.3, -0.25) is 9.10 Å². The first-order chi connectivity index (χ1) is 11.8. The van der Waals surface area contributed by atoms with Crippen LogP contribution in [-0.4, -0.2) is 26.6 Å². The zero-order chi connectivity index (χ0) is 18.2. The molecule has 1 fully saturated rings. The molecule has 25 heavy (non-hydrogen) atoms. The van der Waals surface area contributed by atoms with Gasteiger partial charge in [0.15, 0.2) is 0 Å². The lowest BCUT2D eigenvalue weighted by Crippen LogP contribution is -2.25. The third-order valence-corrected chi connectivity index (χ3v) is 6.23. The van der Waals surface area contributed by atoms with Crippen molar-refractivity contribution in [1.29, 1.82) is 0 Å². The minimum Gasteiger partial charge on any atom is -0.321 e. The number of carbonyl (C=O) groups excluding carboxylic acids is 1. The number of aryl methyl sites for hydroxylation is 1. The SMILES string of the molecule is Cc1ccc(F)cc1C(=O)Nc1cc(N2CCCS2(=O)=O)ccc1Cl. The summed E-state index contributed by atoms with van der Waals surface area (Å²) in [5.74, 6) is -0.932. The zero-order valence-corrected chi connectivity index (χ0v) is 15.0. The van der Waals surface area contributed by atoms with E-state index in [1.54, 1.807) is 13.0 Å². The number of nitrogens with one attached hydrogen (secondary N) is 1. The molecule has 132 valence electrons. The Morgan fingerprint density at radius 1 is 1.24 bits per heavy atom. The third kappa shape index (κ3) is 3.62. The second-order valence-corrected chi connectivity index (χ2v) is 8.24. The van der Waals surface area contributed by atoms with E-state index in [1.165, 1.54) is 28.6 Å². The van der Waals surface area contributed by atoms with Crippen LogP contribution in [0.4, 0.5) is 15.8 Å². The molecule has 0 spiro atoms. The van der Waals surface area contributed by atoms with Gasteiger partial charge in [-0.2, -0.15) is 0 Å². The minimum atomic E-state index is -3.33. The number of carbonyl (C=O) groups is 1. The van der Waals surface area contributed by atoms with Gasteiger partial charge in [-0.15, -0.1) is 0 Å². The predicted octanol–water partition coefficient (Wildman–Crippen LogP) is 3.58. The summed E-state index contributed by atoms with van der Waals surface area (Å²) in [7, 11) is -3.33. The van der Waals surface area contributed by atoms with Crippen molar-refractivity contribution in [2.75, 3.05) is 21.9 Å². The summed E-state index contributed by atoms with van der Waals surface area (Å²) >= 11 is 6.12. The second-order valence-electron chi connectivity index (χ2n) is 5.82. The highest BCUT2D eigenvalue weighted by atomic mass is 35.5. The molecule has 0 radical (unpaired) electrons. The molecule has 1 N–H and O–H groups in total. The fourth-order valence-corrected chi connectivity index (χ4v) is 4.44. The summed E-state index contributed by atoms with van der Waals surface area (Å²) in [6.07, 6.45) is 0.551. The van der Waals surface area contributed by atoms with Gasteiger partial charge >= 0.3 is 0 Å². The maximum absolute atomic E-state index is 13.4. The van der Waals surface area contributed by atoms with Crippen LogP contribution in [0.5, 0.6) is 0 Å². The summed E-state index contributed by atoms with van der Waals surface area (Å²) in [6, 6.07) is 8.56. The van der Waals surface area contributed by atoms with Crippen molar-refractivity contribution in [2.24, 2.45) is 0 Å². The largest absolute Gasteiger partial charge is 0.321 e. The van der Waals surface area contributed by atoms with E-state index in [9.17, 15) is 17.6 Å². The van der Waals surface area contributed by atoms with Crippen molar-refractivity contribution in [3.63, 3.8) is 0 Å². The molecule has 2 aromatic carbocycles. The molecule has 0 saturated carbocycles. The highest BCUT2D eigenvalue weighted by Crippen LogP contribution is 2.31. The Hall–Kier alpha value is -2.12. The molecule has 5 nitrogen and oxygen atoms in total. The van der Waals surface area contributed by atoms with E-state index in [0.717, 1.165) is 6.07 Å². The number of nitrogens with zero attached hydrogens (tertiary/aromatic N) is 1. The highest BCUT2D eigenvalue weighted by molar-refractivity contribution is 7.93. The van der Waals surface area contributed by atoms with E-state index in [2.05, 4.69) is 5.32 Å². The normalized spacial score (nSPS) is 16.0. The second kappa shape index (κ2) is 6.65. The molecule has 8 heteroatoms. The Balaban J connectivity index is 1.91. The molecule has 3 rings (SSSR count). The number of anilines is 2.